The van der Waals surface area contributed by atoms with Gasteiger partial charge in [0.25, 0.3) is 0 Å². The standard InChI is InChI=1S/C15H20N4O/c1-11(2)15(13-5-3-4-8-16-13)19-14(20)7-6-12-9-17-18-10-12/h3-5,8-11,15H,6-7H2,1-2H3,(H,17,18)(H,19,20)/t15-/m0/s1. The van der Waals surface area contributed by atoms with Crippen molar-refractivity contribution in [1.82, 2.24) is 20.5 Å². The van der Waals surface area contributed by atoms with E-state index in [1.807, 2.05) is 24.4 Å². The molecule has 2 aromatic heterocycles. The van der Waals surface area contributed by atoms with E-state index >= 15 is 0 Å². The lowest BCUT2D eigenvalue weighted by Crippen LogP contribution is -2.32. The van der Waals surface area contributed by atoms with Crippen molar-refractivity contribution in [1.29, 1.82) is 0 Å². The third-order valence-electron chi connectivity index (χ3n) is 3.19. The fraction of sp³-hybridized carbons (Fsp3) is 0.400. The number of carbonyl (C=O) groups is 1. The third-order valence-corrected chi connectivity index (χ3v) is 3.19. The van der Waals surface area contributed by atoms with Gasteiger partial charge in [-0.05, 0) is 30.0 Å². The molecule has 2 N–H and O–H groups in total. The van der Waals surface area contributed by atoms with E-state index in [0.717, 1.165) is 11.3 Å². The summed E-state index contributed by atoms with van der Waals surface area (Å²) in [7, 11) is 0. The van der Waals surface area contributed by atoms with Gasteiger partial charge in [0.1, 0.15) is 0 Å². The average molecular weight is 272 g/mol. The molecule has 0 aliphatic heterocycles. The van der Waals surface area contributed by atoms with Crippen molar-refractivity contribution in [3.8, 4) is 0 Å². The largest absolute Gasteiger partial charge is 0.347 e. The number of pyridine rings is 1. The molecular formula is C15H20N4O. The first-order valence-electron chi connectivity index (χ1n) is 6.84. The van der Waals surface area contributed by atoms with Crippen LogP contribution in [0.4, 0.5) is 0 Å². The maximum absolute atomic E-state index is 12.1. The zero-order valence-corrected chi connectivity index (χ0v) is 11.8. The molecule has 0 aromatic carbocycles. The maximum Gasteiger partial charge on any atom is 0.220 e. The van der Waals surface area contributed by atoms with Crippen LogP contribution >= 0.6 is 0 Å². The average Bonchev–Trinajstić information content (AvgIpc) is 2.96. The van der Waals surface area contributed by atoms with E-state index in [9.17, 15) is 4.79 Å². The lowest BCUT2D eigenvalue weighted by molar-refractivity contribution is -0.122. The zero-order chi connectivity index (χ0) is 14.4. The lowest BCUT2D eigenvalue weighted by atomic mass is 10.00. The highest BCUT2D eigenvalue weighted by Gasteiger charge is 2.19. The topological polar surface area (TPSA) is 70.7 Å². The Morgan fingerprint density at radius 1 is 1.40 bits per heavy atom. The second-order valence-electron chi connectivity index (χ2n) is 5.15. The van der Waals surface area contributed by atoms with Crippen molar-refractivity contribution in [3.63, 3.8) is 0 Å². The first-order valence-corrected chi connectivity index (χ1v) is 6.84. The Labute approximate surface area is 118 Å². The molecular weight excluding hydrogens is 252 g/mol. The zero-order valence-electron chi connectivity index (χ0n) is 11.8. The minimum Gasteiger partial charge on any atom is -0.347 e. The summed E-state index contributed by atoms with van der Waals surface area (Å²) in [5.74, 6) is 0.332. The summed E-state index contributed by atoms with van der Waals surface area (Å²) in [6, 6.07) is 5.71. The molecule has 20 heavy (non-hydrogen) atoms. The van der Waals surface area contributed by atoms with Gasteiger partial charge >= 0.3 is 0 Å². The predicted octanol–water partition coefficient (Wildman–Crippen LogP) is 2.25. The minimum atomic E-state index is -0.0481. The highest BCUT2D eigenvalue weighted by Crippen LogP contribution is 2.19. The molecule has 0 radical (unpaired) electrons. The quantitative estimate of drug-likeness (QED) is 0.847. The molecule has 0 saturated heterocycles. The van der Waals surface area contributed by atoms with E-state index in [-0.39, 0.29) is 11.9 Å². The van der Waals surface area contributed by atoms with Crippen LogP contribution in [0.1, 0.15) is 37.6 Å². The van der Waals surface area contributed by atoms with E-state index in [2.05, 4.69) is 34.3 Å². The number of rotatable bonds is 6. The Balaban J connectivity index is 1.93. The van der Waals surface area contributed by atoms with Gasteiger partial charge in [-0.1, -0.05) is 19.9 Å². The Bertz CT molecular complexity index is 522. The summed E-state index contributed by atoms with van der Waals surface area (Å²) in [4.78, 5) is 16.4. The fourth-order valence-electron chi connectivity index (χ4n) is 2.06. The van der Waals surface area contributed by atoms with Crippen LogP contribution in [0, 0.1) is 5.92 Å². The first kappa shape index (κ1) is 14.2. The van der Waals surface area contributed by atoms with Crippen molar-refractivity contribution in [2.24, 2.45) is 5.92 Å². The van der Waals surface area contributed by atoms with Gasteiger partial charge in [0, 0.05) is 18.8 Å². The number of nitrogens with zero attached hydrogens (tertiary/aromatic N) is 2. The van der Waals surface area contributed by atoms with Crippen molar-refractivity contribution in [2.75, 3.05) is 0 Å². The van der Waals surface area contributed by atoms with E-state index in [1.165, 1.54) is 0 Å². The highest BCUT2D eigenvalue weighted by molar-refractivity contribution is 5.76. The summed E-state index contributed by atoms with van der Waals surface area (Å²) in [5, 5.41) is 9.68. The maximum atomic E-state index is 12.1. The SMILES string of the molecule is CC(C)[C@H](NC(=O)CCc1cn[nH]c1)c1ccccn1. The normalized spacial score (nSPS) is 12.3. The molecule has 1 atom stereocenters. The van der Waals surface area contributed by atoms with Gasteiger partial charge in [0.15, 0.2) is 0 Å². The van der Waals surface area contributed by atoms with Crippen LogP contribution in [0.25, 0.3) is 0 Å². The Morgan fingerprint density at radius 3 is 2.85 bits per heavy atom. The number of aryl methyl sites for hydroxylation is 1. The fourth-order valence-corrected chi connectivity index (χ4v) is 2.06. The summed E-state index contributed by atoms with van der Waals surface area (Å²) in [5.41, 5.74) is 1.94. The monoisotopic (exact) mass is 272 g/mol. The number of nitrogens with one attached hydrogen (secondary N) is 2. The number of aromatic amines is 1. The van der Waals surface area contributed by atoms with Gasteiger partial charge in [0.05, 0.1) is 17.9 Å². The van der Waals surface area contributed by atoms with Gasteiger partial charge in [-0.15, -0.1) is 0 Å². The van der Waals surface area contributed by atoms with Crippen molar-refractivity contribution >= 4 is 5.91 Å². The first-order chi connectivity index (χ1) is 9.66. The molecule has 2 rings (SSSR count). The van der Waals surface area contributed by atoms with Crippen molar-refractivity contribution in [3.05, 3.63) is 48.0 Å². The lowest BCUT2D eigenvalue weighted by Gasteiger charge is -2.21. The van der Waals surface area contributed by atoms with Gasteiger partial charge in [-0.25, -0.2) is 0 Å². The van der Waals surface area contributed by atoms with Crippen LogP contribution < -0.4 is 5.32 Å². The van der Waals surface area contributed by atoms with E-state index in [0.29, 0.717) is 18.8 Å². The summed E-state index contributed by atoms with van der Waals surface area (Å²) in [6.45, 7) is 4.16. The second kappa shape index (κ2) is 6.84. The molecule has 1 amide bonds. The molecule has 2 aromatic rings. The smallest absolute Gasteiger partial charge is 0.220 e. The van der Waals surface area contributed by atoms with Crippen molar-refractivity contribution < 1.29 is 4.79 Å². The summed E-state index contributed by atoms with van der Waals surface area (Å²) >= 11 is 0. The second-order valence-corrected chi connectivity index (χ2v) is 5.15. The Hall–Kier alpha value is -2.17. The van der Waals surface area contributed by atoms with Gasteiger partial charge in [0.2, 0.25) is 5.91 Å². The van der Waals surface area contributed by atoms with Crippen LogP contribution in [-0.2, 0) is 11.2 Å². The molecule has 0 aliphatic carbocycles. The highest BCUT2D eigenvalue weighted by atomic mass is 16.1. The van der Waals surface area contributed by atoms with Crippen LogP contribution in [-0.4, -0.2) is 21.1 Å². The van der Waals surface area contributed by atoms with Gasteiger partial charge < -0.3 is 5.32 Å². The number of H-pyrrole nitrogens is 1. The minimum absolute atomic E-state index is 0.0375. The molecule has 5 heteroatoms. The molecule has 0 saturated carbocycles. The molecule has 106 valence electrons. The molecule has 0 spiro atoms. The number of carbonyl (C=O) groups excluding carboxylic acids is 1. The van der Waals surface area contributed by atoms with E-state index in [4.69, 9.17) is 0 Å². The molecule has 0 bridgehead atoms. The third kappa shape index (κ3) is 3.91. The molecule has 0 fully saturated rings. The van der Waals surface area contributed by atoms with E-state index < -0.39 is 0 Å². The van der Waals surface area contributed by atoms with Gasteiger partial charge in [-0.2, -0.15) is 5.10 Å². The van der Waals surface area contributed by atoms with E-state index in [1.54, 1.807) is 12.4 Å². The molecule has 0 unspecified atom stereocenters. The van der Waals surface area contributed by atoms with Crippen molar-refractivity contribution in [2.45, 2.75) is 32.7 Å². The Morgan fingerprint density at radius 2 is 2.25 bits per heavy atom. The molecule has 2 heterocycles. The van der Waals surface area contributed by atoms with Crippen LogP contribution in [0.5, 0.6) is 0 Å². The number of amides is 1. The summed E-state index contributed by atoms with van der Waals surface area (Å²) < 4.78 is 0. The predicted molar refractivity (Wildman–Crippen MR) is 76.9 cm³/mol. The number of hydrogen-bond donors (Lipinski definition) is 2. The van der Waals surface area contributed by atoms with Crippen LogP contribution in [0.15, 0.2) is 36.8 Å². The van der Waals surface area contributed by atoms with Crippen LogP contribution in [0.3, 0.4) is 0 Å². The summed E-state index contributed by atoms with van der Waals surface area (Å²) in [6.07, 6.45) is 6.45. The molecule has 0 aliphatic rings. The number of hydrogen-bond acceptors (Lipinski definition) is 3. The van der Waals surface area contributed by atoms with Gasteiger partial charge in [-0.3, -0.25) is 14.9 Å². The van der Waals surface area contributed by atoms with Crippen LogP contribution in [0.2, 0.25) is 0 Å². The Kier molecular flexibility index (Phi) is 4.87. The molecule has 5 nitrogen and oxygen atoms in total. The number of aromatic nitrogens is 3.